The maximum absolute atomic E-state index is 9.33. The van der Waals surface area contributed by atoms with Crippen molar-refractivity contribution in [3.8, 4) is 0 Å². The lowest BCUT2D eigenvalue weighted by Gasteiger charge is -2.38. The van der Waals surface area contributed by atoms with Gasteiger partial charge in [-0.3, -0.25) is 0 Å². The molecule has 0 saturated carbocycles. The van der Waals surface area contributed by atoms with E-state index >= 15 is 0 Å². The maximum Gasteiger partial charge on any atom is 0.134 e. The van der Waals surface area contributed by atoms with Crippen LogP contribution in [0.3, 0.4) is 0 Å². The largest absolute Gasteiger partial charge is 0.392 e. The second-order valence-electron chi connectivity index (χ2n) is 4.83. The van der Waals surface area contributed by atoms with Gasteiger partial charge in [-0.05, 0) is 31.7 Å². The van der Waals surface area contributed by atoms with Gasteiger partial charge in [0.2, 0.25) is 0 Å². The Labute approximate surface area is 97.1 Å². The van der Waals surface area contributed by atoms with Crippen LogP contribution in [0, 0.1) is 5.92 Å². The van der Waals surface area contributed by atoms with Crippen molar-refractivity contribution in [1.82, 2.24) is 4.98 Å². The van der Waals surface area contributed by atoms with Crippen molar-refractivity contribution in [2.45, 2.75) is 39.3 Å². The first-order valence-electron chi connectivity index (χ1n) is 6.03. The summed E-state index contributed by atoms with van der Waals surface area (Å²) in [4.78, 5) is 6.76. The van der Waals surface area contributed by atoms with Gasteiger partial charge in [0.25, 0.3) is 0 Å². The van der Waals surface area contributed by atoms with E-state index in [0.717, 1.165) is 17.9 Å². The van der Waals surface area contributed by atoms with E-state index in [9.17, 15) is 5.11 Å². The molecule has 2 atom stereocenters. The van der Waals surface area contributed by atoms with E-state index in [1.54, 1.807) is 6.20 Å². The minimum absolute atomic E-state index is 0.0702. The Morgan fingerprint density at radius 2 is 2.25 bits per heavy atom. The number of hydrogen-bond acceptors (Lipinski definition) is 3. The number of aliphatic hydroxyl groups is 1. The zero-order valence-corrected chi connectivity index (χ0v) is 10.1. The highest BCUT2D eigenvalue weighted by Gasteiger charge is 2.25. The summed E-state index contributed by atoms with van der Waals surface area (Å²) in [6.07, 6.45) is 4.31. The lowest BCUT2D eigenvalue weighted by molar-refractivity contribution is 0.280. The van der Waals surface area contributed by atoms with E-state index in [-0.39, 0.29) is 6.61 Å². The highest BCUT2D eigenvalue weighted by Crippen LogP contribution is 2.28. The molecule has 1 aliphatic rings. The van der Waals surface area contributed by atoms with Crippen molar-refractivity contribution in [3.05, 3.63) is 23.9 Å². The molecule has 1 aromatic heterocycles. The molecule has 2 rings (SSSR count). The third-order valence-electron chi connectivity index (χ3n) is 3.43. The molecule has 0 radical (unpaired) electrons. The van der Waals surface area contributed by atoms with Crippen molar-refractivity contribution >= 4 is 5.82 Å². The summed E-state index contributed by atoms with van der Waals surface area (Å²) in [5, 5.41) is 9.33. The molecule has 1 fully saturated rings. The molecular formula is C13H20N2O. The van der Waals surface area contributed by atoms with Crippen LogP contribution in [0.5, 0.6) is 0 Å². The van der Waals surface area contributed by atoms with E-state index in [1.165, 1.54) is 12.8 Å². The Kier molecular flexibility index (Phi) is 3.44. The molecule has 1 saturated heterocycles. The summed E-state index contributed by atoms with van der Waals surface area (Å²) in [5.41, 5.74) is 0.934. The molecule has 1 aliphatic heterocycles. The van der Waals surface area contributed by atoms with E-state index in [0.29, 0.717) is 12.0 Å². The fraction of sp³-hybridized carbons (Fsp3) is 0.615. The van der Waals surface area contributed by atoms with Crippen LogP contribution in [0.2, 0.25) is 0 Å². The topological polar surface area (TPSA) is 36.4 Å². The average Bonchev–Trinajstić information content (AvgIpc) is 2.32. The van der Waals surface area contributed by atoms with Crippen LogP contribution in [-0.4, -0.2) is 22.7 Å². The number of hydrogen-bond donors (Lipinski definition) is 1. The van der Waals surface area contributed by atoms with Gasteiger partial charge in [0, 0.05) is 24.3 Å². The normalized spacial score (nSPS) is 25.8. The van der Waals surface area contributed by atoms with Gasteiger partial charge < -0.3 is 10.0 Å². The molecule has 1 N–H and O–H groups in total. The number of rotatable bonds is 2. The predicted octanol–water partition coefficient (Wildman–Crippen LogP) is 2.20. The number of anilines is 1. The predicted molar refractivity (Wildman–Crippen MR) is 65.4 cm³/mol. The molecule has 0 aliphatic carbocycles. The molecule has 0 bridgehead atoms. The van der Waals surface area contributed by atoms with Crippen LogP contribution in [0.25, 0.3) is 0 Å². The molecule has 0 amide bonds. The molecular weight excluding hydrogens is 200 g/mol. The first kappa shape index (κ1) is 11.4. The lowest BCUT2D eigenvalue weighted by Crippen LogP contribution is -2.42. The maximum atomic E-state index is 9.33. The third-order valence-corrected chi connectivity index (χ3v) is 3.43. The summed E-state index contributed by atoms with van der Waals surface area (Å²) >= 11 is 0. The zero-order chi connectivity index (χ0) is 11.5. The molecule has 0 spiro atoms. The van der Waals surface area contributed by atoms with Gasteiger partial charge in [-0.2, -0.15) is 0 Å². The third kappa shape index (κ3) is 2.19. The Bertz CT molecular complexity index is 354. The SMILES string of the molecule is CC1CCC(C)N(c2ncccc2CO)C1. The number of pyridine rings is 1. The minimum Gasteiger partial charge on any atom is -0.392 e. The van der Waals surface area contributed by atoms with Gasteiger partial charge in [-0.1, -0.05) is 13.0 Å². The molecule has 2 heterocycles. The smallest absolute Gasteiger partial charge is 0.134 e. The van der Waals surface area contributed by atoms with Gasteiger partial charge in [0.05, 0.1) is 6.61 Å². The Morgan fingerprint density at radius 3 is 3.00 bits per heavy atom. The lowest BCUT2D eigenvalue weighted by atomic mass is 9.94. The average molecular weight is 220 g/mol. The van der Waals surface area contributed by atoms with Crippen LogP contribution < -0.4 is 4.90 Å². The quantitative estimate of drug-likeness (QED) is 0.830. The van der Waals surface area contributed by atoms with Crippen molar-refractivity contribution in [1.29, 1.82) is 0 Å². The zero-order valence-electron chi connectivity index (χ0n) is 10.1. The van der Waals surface area contributed by atoms with Crippen LogP contribution in [0.15, 0.2) is 18.3 Å². The Balaban J connectivity index is 2.27. The van der Waals surface area contributed by atoms with Crippen molar-refractivity contribution < 1.29 is 5.11 Å². The molecule has 1 aromatic rings. The summed E-state index contributed by atoms with van der Waals surface area (Å²) in [7, 11) is 0. The van der Waals surface area contributed by atoms with E-state index < -0.39 is 0 Å². The standard InChI is InChI=1S/C13H20N2O/c1-10-5-6-11(2)15(8-10)13-12(9-16)4-3-7-14-13/h3-4,7,10-11,16H,5-6,8-9H2,1-2H3. The van der Waals surface area contributed by atoms with E-state index in [1.807, 2.05) is 12.1 Å². The summed E-state index contributed by atoms with van der Waals surface area (Å²) in [6.45, 7) is 5.63. The summed E-state index contributed by atoms with van der Waals surface area (Å²) in [6, 6.07) is 4.36. The van der Waals surface area contributed by atoms with Crippen LogP contribution in [0.1, 0.15) is 32.3 Å². The van der Waals surface area contributed by atoms with Crippen LogP contribution >= 0.6 is 0 Å². The fourth-order valence-corrected chi connectivity index (χ4v) is 2.40. The first-order chi connectivity index (χ1) is 7.72. The molecule has 2 unspecified atom stereocenters. The van der Waals surface area contributed by atoms with Gasteiger partial charge in [0.15, 0.2) is 0 Å². The van der Waals surface area contributed by atoms with Crippen LogP contribution in [0.4, 0.5) is 5.82 Å². The molecule has 3 heteroatoms. The first-order valence-corrected chi connectivity index (χ1v) is 6.03. The van der Waals surface area contributed by atoms with Gasteiger partial charge >= 0.3 is 0 Å². The van der Waals surface area contributed by atoms with E-state index in [2.05, 4.69) is 23.7 Å². The van der Waals surface area contributed by atoms with Gasteiger partial charge in [-0.15, -0.1) is 0 Å². The van der Waals surface area contributed by atoms with Gasteiger partial charge in [0.1, 0.15) is 5.82 Å². The number of aromatic nitrogens is 1. The Morgan fingerprint density at radius 1 is 1.44 bits per heavy atom. The van der Waals surface area contributed by atoms with Crippen LogP contribution in [-0.2, 0) is 6.61 Å². The molecule has 0 aromatic carbocycles. The number of piperidine rings is 1. The summed E-state index contributed by atoms with van der Waals surface area (Å²) < 4.78 is 0. The minimum atomic E-state index is 0.0702. The highest BCUT2D eigenvalue weighted by molar-refractivity contribution is 5.47. The molecule has 3 nitrogen and oxygen atoms in total. The van der Waals surface area contributed by atoms with Crippen molar-refractivity contribution in [3.63, 3.8) is 0 Å². The fourth-order valence-electron chi connectivity index (χ4n) is 2.40. The van der Waals surface area contributed by atoms with Crippen molar-refractivity contribution in [2.75, 3.05) is 11.4 Å². The van der Waals surface area contributed by atoms with Crippen molar-refractivity contribution in [2.24, 2.45) is 5.92 Å². The van der Waals surface area contributed by atoms with Gasteiger partial charge in [-0.25, -0.2) is 4.98 Å². The Hall–Kier alpha value is -1.09. The van der Waals surface area contributed by atoms with E-state index in [4.69, 9.17) is 0 Å². The molecule has 88 valence electrons. The summed E-state index contributed by atoms with van der Waals surface area (Å²) in [5.74, 6) is 1.67. The number of nitrogens with zero attached hydrogens (tertiary/aromatic N) is 2. The second kappa shape index (κ2) is 4.83. The number of aliphatic hydroxyl groups excluding tert-OH is 1. The monoisotopic (exact) mass is 220 g/mol. The highest BCUT2D eigenvalue weighted by atomic mass is 16.3. The second-order valence-corrected chi connectivity index (χ2v) is 4.83. The molecule has 16 heavy (non-hydrogen) atoms.